The summed E-state index contributed by atoms with van der Waals surface area (Å²) in [5, 5.41) is 8.44. The van der Waals surface area contributed by atoms with Crippen molar-refractivity contribution < 1.29 is 4.42 Å². The van der Waals surface area contributed by atoms with Gasteiger partial charge in [-0.3, -0.25) is 10.1 Å². The summed E-state index contributed by atoms with van der Waals surface area (Å²) < 4.78 is 5.26. The van der Waals surface area contributed by atoms with Gasteiger partial charge in [0.1, 0.15) is 11.2 Å². The lowest BCUT2D eigenvalue weighted by atomic mass is 10.0. The van der Waals surface area contributed by atoms with Crippen LogP contribution in [0, 0.1) is 0 Å². The molecule has 0 saturated heterocycles. The van der Waals surface area contributed by atoms with Crippen molar-refractivity contribution >= 4 is 27.8 Å². The second kappa shape index (κ2) is 7.84. The molecule has 2 N–H and O–H groups in total. The van der Waals surface area contributed by atoms with Gasteiger partial charge in [-0.25, -0.2) is 9.97 Å². The van der Waals surface area contributed by atoms with Crippen molar-refractivity contribution in [2.75, 3.05) is 19.0 Å². The molecule has 0 aliphatic carbocycles. The molecule has 6 aromatic rings. The molecule has 0 amide bonds. The van der Waals surface area contributed by atoms with Crippen LogP contribution in [0.15, 0.2) is 65.9 Å². The number of imidazole rings is 1. The summed E-state index contributed by atoms with van der Waals surface area (Å²) in [4.78, 5) is 19.4. The average molecular weight is 450 g/mol. The number of hydrogen-bond donors (Lipinski definition) is 2. The van der Waals surface area contributed by atoms with Crippen molar-refractivity contribution in [1.29, 1.82) is 0 Å². The van der Waals surface area contributed by atoms with Crippen LogP contribution in [-0.4, -0.2) is 44.2 Å². The van der Waals surface area contributed by atoms with Crippen LogP contribution in [0.4, 0.5) is 5.69 Å². The number of aromatic nitrogens is 6. The van der Waals surface area contributed by atoms with E-state index in [1.807, 2.05) is 12.3 Å². The Labute approximate surface area is 195 Å². The lowest BCUT2D eigenvalue weighted by Crippen LogP contribution is -2.09. The molecule has 8 nitrogen and oxygen atoms in total. The zero-order valence-corrected chi connectivity index (χ0v) is 19.1. The van der Waals surface area contributed by atoms with Gasteiger partial charge in [0.2, 0.25) is 0 Å². The average Bonchev–Trinajstić information content (AvgIpc) is 3.62. The highest BCUT2D eigenvalue weighted by molar-refractivity contribution is 5.96. The van der Waals surface area contributed by atoms with Crippen LogP contribution in [0.5, 0.6) is 0 Å². The number of nitrogens with zero attached hydrogens (tertiary/aromatic N) is 5. The number of benzene rings is 1. The molecule has 5 aromatic heterocycles. The third-order valence-electron chi connectivity index (χ3n) is 6.11. The van der Waals surface area contributed by atoms with Gasteiger partial charge in [-0.15, -0.1) is 0 Å². The summed E-state index contributed by atoms with van der Waals surface area (Å²) in [6, 6.07) is 10.7. The molecule has 0 aliphatic heterocycles. The number of furan rings is 1. The molecule has 8 heteroatoms. The highest BCUT2D eigenvalue weighted by Gasteiger charge is 2.17. The monoisotopic (exact) mass is 449 g/mol. The first kappa shape index (κ1) is 20.2. The smallest absolute Gasteiger partial charge is 0.181 e. The van der Waals surface area contributed by atoms with Gasteiger partial charge in [0, 0.05) is 48.9 Å². The first-order valence-corrected chi connectivity index (χ1v) is 11.1. The fourth-order valence-electron chi connectivity index (χ4n) is 4.22. The van der Waals surface area contributed by atoms with Gasteiger partial charge >= 0.3 is 0 Å². The number of aryl methyl sites for hydroxylation is 1. The Morgan fingerprint density at radius 3 is 2.71 bits per heavy atom. The molecule has 0 atom stereocenters. The number of aromatic amines is 2. The summed E-state index contributed by atoms with van der Waals surface area (Å²) >= 11 is 0. The Bertz CT molecular complexity index is 1630. The van der Waals surface area contributed by atoms with Gasteiger partial charge < -0.3 is 14.3 Å². The van der Waals surface area contributed by atoms with Gasteiger partial charge in [0.25, 0.3) is 0 Å². The van der Waals surface area contributed by atoms with Crippen LogP contribution in [0.3, 0.4) is 0 Å². The molecule has 0 fully saturated rings. The van der Waals surface area contributed by atoms with Crippen molar-refractivity contribution in [3.05, 3.63) is 67.0 Å². The standard InChI is InChI=1S/C26H23N7O/c1-4-15-7-17(9-19(8-15)33(2)3)18-10-20-24(31-32-25(20)28-11-18)26-29-22-13-27-12-21(23(22)30-26)16-5-6-34-14-16/h5-14H,4H2,1-3H3,(H,29,30)(H,28,31,32). The topological polar surface area (TPSA) is 99.5 Å². The number of fused-ring (bicyclic) bond motifs is 2. The van der Waals surface area contributed by atoms with Crippen LogP contribution >= 0.6 is 0 Å². The van der Waals surface area contributed by atoms with E-state index in [-0.39, 0.29) is 0 Å². The maximum atomic E-state index is 5.26. The summed E-state index contributed by atoms with van der Waals surface area (Å²) in [6.45, 7) is 2.17. The van der Waals surface area contributed by atoms with Crippen molar-refractivity contribution in [3.63, 3.8) is 0 Å². The molecule has 34 heavy (non-hydrogen) atoms. The quantitative estimate of drug-likeness (QED) is 0.363. The van der Waals surface area contributed by atoms with Crippen LogP contribution in [0.2, 0.25) is 0 Å². The van der Waals surface area contributed by atoms with E-state index in [2.05, 4.69) is 75.3 Å². The zero-order valence-electron chi connectivity index (χ0n) is 19.1. The molecule has 1 aromatic carbocycles. The Hall–Kier alpha value is -4.46. The largest absolute Gasteiger partial charge is 0.472 e. The third kappa shape index (κ3) is 3.31. The van der Waals surface area contributed by atoms with Crippen molar-refractivity contribution in [3.8, 4) is 33.8 Å². The second-order valence-corrected chi connectivity index (χ2v) is 8.51. The lowest BCUT2D eigenvalue weighted by Gasteiger charge is -2.16. The fourth-order valence-corrected chi connectivity index (χ4v) is 4.22. The van der Waals surface area contributed by atoms with Gasteiger partial charge in [0.05, 0.1) is 29.6 Å². The van der Waals surface area contributed by atoms with E-state index in [1.54, 1.807) is 24.9 Å². The van der Waals surface area contributed by atoms with E-state index < -0.39 is 0 Å². The first-order valence-electron chi connectivity index (χ1n) is 11.1. The molecule has 0 unspecified atom stereocenters. The Morgan fingerprint density at radius 2 is 1.91 bits per heavy atom. The van der Waals surface area contributed by atoms with Crippen molar-refractivity contribution in [1.82, 2.24) is 30.1 Å². The minimum Gasteiger partial charge on any atom is -0.472 e. The summed E-state index contributed by atoms with van der Waals surface area (Å²) in [5.74, 6) is 0.686. The van der Waals surface area contributed by atoms with E-state index >= 15 is 0 Å². The Balaban J connectivity index is 1.49. The molecular weight excluding hydrogens is 426 g/mol. The predicted octanol–water partition coefficient (Wildman–Crippen LogP) is 5.45. The lowest BCUT2D eigenvalue weighted by molar-refractivity contribution is 0.568. The van der Waals surface area contributed by atoms with E-state index in [0.29, 0.717) is 11.5 Å². The van der Waals surface area contributed by atoms with Crippen molar-refractivity contribution in [2.45, 2.75) is 13.3 Å². The highest BCUT2D eigenvalue weighted by Crippen LogP contribution is 2.33. The van der Waals surface area contributed by atoms with E-state index in [9.17, 15) is 0 Å². The maximum absolute atomic E-state index is 5.26. The highest BCUT2D eigenvalue weighted by atomic mass is 16.3. The van der Waals surface area contributed by atoms with Gasteiger partial charge in [-0.2, -0.15) is 5.10 Å². The van der Waals surface area contributed by atoms with E-state index in [0.717, 1.165) is 50.8 Å². The predicted molar refractivity (Wildman–Crippen MR) is 134 cm³/mol. The Kier molecular flexibility index (Phi) is 4.65. The van der Waals surface area contributed by atoms with Crippen LogP contribution in [0.1, 0.15) is 12.5 Å². The molecule has 0 spiro atoms. The second-order valence-electron chi connectivity index (χ2n) is 8.51. The van der Waals surface area contributed by atoms with E-state index in [4.69, 9.17) is 9.40 Å². The SMILES string of the molecule is CCc1cc(-c2cnc3n[nH]c(-c4nc5c(-c6ccoc6)cncc5[nH]4)c3c2)cc(N(C)C)c1. The number of rotatable bonds is 5. The number of hydrogen-bond acceptors (Lipinski definition) is 6. The number of nitrogens with one attached hydrogen (secondary N) is 2. The van der Waals surface area contributed by atoms with Crippen LogP contribution in [-0.2, 0) is 6.42 Å². The number of H-pyrrole nitrogens is 2. The number of anilines is 1. The zero-order chi connectivity index (χ0) is 23.2. The Morgan fingerprint density at radius 1 is 1.00 bits per heavy atom. The first-order chi connectivity index (χ1) is 16.6. The van der Waals surface area contributed by atoms with E-state index in [1.165, 1.54) is 11.3 Å². The number of pyridine rings is 2. The van der Waals surface area contributed by atoms with Gasteiger partial charge in [-0.1, -0.05) is 13.0 Å². The van der Waals surface area contributed by atoms with Crippen LogP contribution in [0.25, 0.3) is 55.8 Å². The normalized spacial score (nSPS) is 11.5. The summed E-state index contributed by atoms with van der Waals surface area (Å²) in [6.07, 6.45) is 9.75. The third-order valence-corrected chi connectivity index (χ3v) is 6.11. The molecule has 0 aliphatic rings. The van der Waals surface area contributed by atoms with Gasteiger partial charge in [-0.05, 0) is 41.8 Å². The molecule has 0 radical (unpaired) electrons. The maximum Gasteiger partial charge on any atom is 0.181 e. The molecule has 0 bridgehead atoms. The minimum absolute atomic E-state index is 0.645. The molecule has 0 saturated carbocycles. The van der Waals surface area contributed by atoms with Gasteiger partial charge in [0.15, 0.2) is 11.5 Å². The molecule has 168 valence electrons. The van der Waals surface area contributed by atoms with Crippen LogP contribution < -0.4 is 4.90 Å². The molecular formula is C26H23N7O. The fraction of sp³-hybridized carbons (Fsp3) is 0.154. The molecule has 5 heterocycles. The minimum atomic E-state index is 0.645. The summed E-state index contributed by atoms with van der Waals surface area (Å²) in [7, 11) is 4.12. The summed E-state index contributed by atoms with van der Waals surface area (Å²) in [5.41, 5.74) is 9.54. The van der Waals surface area contributed by atoms with Crippen molar-refractivity contribution in [2.24, 2.45) is 0 Å². The molecule has 6 rings (SSSR count).